The number of aliphatic hydroxyl groups is 1. The van der Waals surface area contributed by atoms with Crippen LogP contribution in [-0.2, 0) is 4.74 Å². The summed E-state index contributed by atoms with van der Waals surface area (Å²) in [6, 6.07) is 0. The molecule has 1 aliphatic carbocycles. The minimum atomic E-state index is 0.280. The van der Waals surface area contributed by atoms with E-state index >= 15 is 0 Å². The van der Waals surface area contributed by atoms with Crippen LogP contribution in [0.15, 0.2) is 0 Å². The summed E-state index contributed by atoms with van der Waals surface area (Å²) in [6.45, 7) is 9.78. The van der Waals surface area contributed by atoms with E-state index in [9.17, 15) is 0 Å². The van der Waals surface area contributed by atoms with E-state index in [2.05, 4.69) is 16.7 Å². The molecule has 2 atom stereocenters. The molecule has 1 saturated heterocycles. The van der Waals surface area contributed by atoms with Crippen molar-refractivity contribution in [3.8, 4) is 0 Å². The maximum absolute atomic E-state index is 8.92. The first-order valence-corrected chi connectivity index (χ1v) is 7.97. The van der Waals surface area contributed by atoms with Crippen LogP contribution in [0, 0.1) is 5.92 Å². The number of hydrogen-bond acceptors (Lipinski definition) is 4. The quantitative estimate of drug-likeness (QED) is 0.786. The van der Waals surface area contributed by atoms with E-state index in [1.807, 2.05) is 0 Å². The minimum Gasteiger partial charge on any atom is -0.395 e. The standard InChI is InChI=1S/C15H30N2O2/c1-14-4-2-3-5-15(14)19-13-11-17-8-6-16(7-9-17)10-12-18/h14-15,18H,2-13H2,1H3/t14-,15-/m1/s1. The lowest BCUT2D eigenvalue weighted by Crippen LogP contribution is -2.48. The second kappa shape index (κ2) is 8.20. The van der Waals surface area contributed by atoms with Gasteiger partial charge in [-0.15, -0.1) is 0 Å². The van der Waals surface area contributed by atoms with Gasteiger partial charge in [-0.1, -0.05) is 19.8 Å². The average Bonchev–Trinajstić information content (AvgIpc) is 2.43. The topological polar surface area (TPSA) is 35.9 Å². The highest BCUT2D eigenvalue weighted by Gasteiger charge is 2.22. The van der Waals surface area contributed by atoms with Crippen molar-refractivity contribution in [1.29, 1.82) is 0 Å². The molecule has 1 heterocycles. The van der Waals surface area contributed by atoms with E-state index in [0.717, 1.165) is 51.8 Å². The molecule has 1 aliphatic heterocycles. The first-order valence-electron chi connectivity index (χ1n) is 7.97. The average molecular weight is 270 g/mol. The maximum Gasteiger partial charge on any atom is 0.0601 e. The van der Waals surface area contributed by atoms with Crippen LogP contribution >= 0.6 is 0 Å². The lowest BCUT2D eigenvalue weighted by atomic mass is 9.88. The smallest absolute Gasteiger partial charge is 0.0601 e. The molecule has 0 bridgehead atoms. The minimum absolute atomic E-state index is 0.280. The van der Waals surface area contributed by atoms with Crippen LogP contribution in [0.1, 0.15) is 32.6 Å². The van der Waals surface area contributed by atoms with Crippen molar-refractivity contribution in [2.24, 2.45) is 5.92 Å². The van der Waals surface area contributed by atoms with Crippen molar-refractivity contribution < 1.29 is 9.84 Å². The number of hydrogen-bond donors (Lipinski definition) is 1. The summed E-state index contributed by atoms with van der Waals surface area (Å²) in [5.41, 5.74) is 0. The number of aliphatic hydroxyl groups excluding tert-OH is 1. The summed E-state index contributed by atoms with van der Waals surface area (Å²) in [6.07, 6.45) is 5.82. The Hall–Kier alpha value is -0.160. The molecule has 0 amide bonds. The Morgan fingerprint density at radius 2 is 1.63 bits per heavy atom. The van der Waals surface area contributed by atoms with Crippen LogP contribution in [0.25, 0.3) is 0 Å². The van der Waals surface area contributed by atoms with Crippen molar-refractivity contribution in [3.05, 3.63) is 0 Å². The molecule has 4 heteroatoms. The Morgan fingerprint density at radius 3 is 2.26 bits per heavy atom. The van der Waals surface area contributed by atoms with Crippen LogP contribution in [0.4, 0.5) is 0 Å². The van der Waals surface area contributed by atoms with Gasteiger partial charge in [0.15, 0.2) is 0 Å². The van der Waals surface area contributed by atoms with Gasteiger partial charge in [-0.05, 0) is 18.8 Å². The van der Waals surface area contributed by atoms with Gasteiger partial charge in [-0.3, -0.25) is 9.80 Å². The van der Waals surface area contributed by atoms with Gasteiger partial charge in [0, 0.05) is 39.3 Å². The van der Waals surface area contributed by atoms with Crippen LogP contribution in [0.5, 0.6) is 0 Å². The lowest BCUT2D eigenvalue weighted by Gasteiger charge is -2.35. The highest BCUT2D eigenvalue weighted by atomic mass is 16.5. The van der Waals surface area contributed by atoms with Crippen LogP contribution < -0.4 is 0 Å². The SMILES string of the molecule is C[C@@H]1CCCC[C@H]1OCCN1CCN(CCO)CC1. The molecule has 0 unspecified atom stereocenters. The molecule has 2 rings (SSSR count). The molecule has 112 valence electrons. The molecular formula is C15H30N2O2. The van der Waals surface area contributed by atoms with Crippen LogP contribution in [-0.4, -0.2) is 73.5 Å². The van der Waals surface area contributed by atoms with E-state index in [1.54, 1.807) is 0 Å². The molecular weight excluding hydrogens is 240 g/mol. The molecule has 0 radical (unpaired) electrons. The van der Waals surface area contributed by atoms with Gasteiger partial charge in [-0.25, -0.2) is 0 Å². The second-order valence-electron chi connectivity index (χ2n) is 6.08. The predicted octanol–water partition coefficient (Wildman–Crippen LogP) is 1.19. The zero-order chi connectivity index (χ0) is 13.5. The summed E-state index contributed by atoms with van der Waals surface area (Å²) in [5, 5.41) is 8.92. The van der Waals surface area contributed by atoms with Crippen molar-refractivity contribution in [2.45, 2.75) is 38.7 Å². The fraction of sp³-hybridized carbons (Fsp3) is 1.00. The van der Waals surface area contributed by atoms with Gasteiger partial charge in [0.05, 0.1) is 19.3 Å². The second-order valence-corrected chi connectivity index (χ2v) is 6.08. The zero-order valence-electron chi connectivity index (χ0n) is 12.4. The fourth-order valence-corrected chi connectivity index (χ4v) is 3.24. The predicted molar refractivity (Wildman–Crippen MR) is 77.3 cm³/mol. The Morgan fingerprint density at radius 1 is 1.00 bits per heavy atom. The van der Waals surface area contributed by atoms with E-state index in [0.29, 0.717) is 6.10 Å². The lowest BCUT2D eigenvalue weighted by molar-refractivity contribution is -0.0183. The highest BCUT2D eigenvalue weighted by Crippen LogP contribution is 2.26. The molecule has 2 fully saturated rings. The van der Waals surface area contributed by atoms with Gasteiger partial charge in [0.1, 0.15) is 0 Å². The monoisotopic (exact) mass is 270 g/mol. The molecule has 0 aromatic heterocycles. The molecule has 2 aliphatic rings. The van der Waals surface area contributed by atoms with E-state index in [1.165, 1.54) is 25.7 Å². The zero-order valence-corrected chi connectivity index (χ0v) is 12.4. The van der Waals surface area contributed by atoms with Gasteiger partial charge in [-0.2, -0.15) is 0 Å². The summed E-state index contributed by atoms with van der Waals surface area (Å²) in [7, 11) is 0. The Kier molecular flexibility index (Phi) is 6.57. The fourth-order valence-electron chi connectivity index (χ4n) is 3.24. The Bertz CT molecular complexity index is 242. The Balaban J connectivity index is 1.56. The third-order valence-electron chi connectivity index (χ3n) is 4.65. The third-order valence-corrected chi connectivity index (χ3v) is 4.65. The van der Waals surface area contributed by atoms with E-state index in [4.69, 9.17) is 9.84 Å². The molecule has 1 saturated carbocycles. The maximum atomic E-state index is 8.92. The van der Waals surface area contributed by atoms with Gasteiger partial charge in [0.2, 0.25) is 0 Å². The van der Waals surface area contributed by atoms with Crippen LogP contribution in [0.3, 0.4) is 0 Å². The normalized spacial score (nSPS) is 30.6. The molecule has 0 aromatic rings. The summed E-state index contributed by atoms with van der Waals surface area (Å²) in [4.78, 5) is 4.82. The number of rotatable bonds is 6. The number of ether oxygens (including phenoxy) is 1. The number of β-amino-alcohol motifs (C(OH)–C–C–N with tert-alkyl or cyclic N) is 1. The van der Waals surface area contributed by atoms with E-state index < -0.39 is 0 Å². The molecule has 19 heavy (non-hydrogen) atoms. The van der Waals surface area contributed by atoms with Gasteiger partial charge in [0.25, 0.3) is 0 Å². The van der Waals surface area contributed by atoms with Crippen molar-refractivity contribution >= 4 is 0 Å². The summed E-state index contributed by atoms with van der Waals surface area (Å²) in [5.74, 6) is 0.746. The van der Waals surface area contributed by atoms with Gasteiger partial charge >= 0.3 is 0 Å². The summed E-state index contributed by atoms with van der Waals surface area (Å²) >= 11 is 0. The first-order chi connectivity index (χ1) is 9.29. The highest BCUT2D eigenvalue weighted by molar-refractivity contribution is 4.74. The third kappa shape index (κ3) is 5.03. The number of nitrogens with zero attached hydrogens (tertiary/aromatic N) is 2. The largest absolute Gasteiger partial charge is 0.395 e. The molecule has 0 spiro atoms. The van der Waals surface area contributed by atoms with Crippen molar-refractivity contribution in [3.63, 3.8) is 0 Å². The van der Waals surface area contributed by atoms with Crippen molar-refractivity contribution in [2.75, 3.05) is 52.5 Å². The Labute approximate surface area is 117 Å². The molecule has 0 aromatic carbocycles. The summed E-state index contributed by atoms with van der Waals surface area (Å²) < 4.78 is 6.08. The molecule has 4 nitrogen and oxygen atoms in total. The van der Waals surface area contributed by atoms with Crippen molar-refractivity contribution in [1.82, 2.24) is 9.80 Å². The van der Waals surface area contributed by atoms with Gasteiger partial charge < -0.3 is 9.84 Å². The van der Waals surface area contributed by atoms with E-state index in [-0.39, 0.29) is 6.61 Å². The molecule has 1 N–H and O–H groups in total. The first kappa shape index (κ1) is 15.2. The number of piperazine rings is 1. The van der Waals surface area contributed by atoms with Crippen LogP contribution in [0.2, 0.25) is 0 Å².